The van der Waals surface area contributed by atoms with Gasteiger partial charge in [-0.3, -0.25) is 4.90 Å². The highest BCUT2D eigenvalue weighted by Gasteiger charge is 2.32. The van der Waals surface area contributed by atoms with Crippen molar-refractivity contribution in [3.05, 3.63) is 29.3 Å². The molecular weight excluding hydrogens is 246 g/mol. The van der Waals surface area contributed by atoms with Crippen molar-refractivity contribution in [2.45, 2.75) is 12.5 Å². The number of rotatable bonds is 2. The van der Waals surface area contributed by atoms with E-state index in [1.165, 1.54) is 4.90 Å². The van der Waals surface area contributed by atoms with Gasteiger partial charge in [0, 0.05) is 23.7 Å². The molecule has 90 valence electrons. The van der Waals surface area contributed by atoms with Crippen molar-refractivity contribution in [1.29, 1.82) is 0 Å². The number of carboxylic acids is 1. The van der Waals surface area contributed by atoms with E-state index in [-0.39, 0.29) is 6.42 Å². The van der Waals surface area contributed by atoms with E-state index < -0.39 is 18.2 Å². The summed E-state index contributed by atoms with van der Waals surface area (Å²) in [5, 5.41) is 9.31. The van der Waals surface area contributed by atoms with Gasteiger partial charge >= 0.3 is 12.1 Å². The lowest BCUT2D eigenvalue weighted by Gasteiger charge is -2.29. The Morgan fingerprint density at radius 3 is 2.59 bits per heavy atom. The number of benzene rings is 1. The maximum absolute atomic E-state index is 11.6. The number of halogens is 1. The Hall–Kier alpha value is -1.75. The third kappa shape index (κ3) is 2.50. The number of carbonyl (C=O) groups is 2. The van der Waals surface area contributed by atoms with Crippen LogP contribution in [0.25, 0.3) is 0 Å². The summed E-state index contributed by atoms with van der Waals surface area (Å²) in [5.41, 5.74) is 0.642. The van der Waals surface area contributed by atoms with Gasteiger partial charge in [-0.15, -0.1) is 0 Å². The van der Waals surface area contributed by atoms with E-state index >= 15 is 0 Å². The van der Waals surface area contributed by atoms with E-state index in [2.05, 4.69) is 0 Å². The number of nitrogens with zero attached hydrogens (tertiary/aromatic N) is 1. The van der Waals surface area contributed by atoms with E-state index in [4.69, 9.17) is 21.4 Å². The van der Waals surface area contributed by atoms with Crippen LogP contribution in [0.5, 0.6) is 0 Å². The molecule has 1 N–H and O–H groups in total. The fourth-order valence-electron chi connectivity index (χ4n) is 1.61. The van der Waals surface area contributed by atoms with Crippen LogP contribution in [-0.2, 0) is 9.53 Å². The summed E-state index contributed by atoms with van der Waals surface area (Å²) >= 11 is 5.74. The minimum atomic E-state index is -1.12. The molecule has 1 amide bonds. The first kappa shape index (κ1) is 11.7. The van der Waals surface area contributed by atoms with Gasteiger partial charge in [-0.1, -0.05) is 11.6 Å². The van der Waals surface area contributed by atoms with E-state index in [0.29, 0.717) is 17.3 Å². The normalized spacial score (nSPS) is 19.9. The summed E-state index contributed by atoms with van der Waals surface area (Å²) < 4.78 is 4.80. The quantitative estimate of drug-likeness (QED) is 0.879. The summed E-state index contributed by atoms with van der Waals surface area (Å²) in [7, 11) is 0. The molecule has 1 atom stereocenters. The molecule has 1 aliphatic heterocycles. The smallest absolute Gasteiger partial charge is 0.415 e. The van der Waals surface area contributed by atoms with Crippen molar-refractivity contribution >= 4 is 29.4 Å². The molecule has 0 radical (unpaired) electrons. The predicted molar refractivity (Wildman–Crippen MR) is 61.3 cm³/mol. The summed E-state index contributed by atoms with van der Waals surface area (Å²) in [4.78, 5) is 23.7. The highest BCUT2D eigenvalue weighted by Crippen LogP contribution is 2.22. The highest BCUT2D eigenvalue weighted by atomic mass is 35.5. The van der Waals surface area contributed by atoms with Gasteiger partial charge in [0.1, 0.15) is 0 Å². The lowest BCUT2D eigenvalue weighted by molar-refractivity contribution is -0.147. The van der Waals surface area contributed by atoms with Crippen molar-refractivity contribution in [2.75, 3.05) is 11.4 Å². The zero-order valence-electron chi connectivity index (χ0n) is 8.80. The van der Waals surface area contributed by atoms with Gasteiger partial charge in [-0.2, -0.15) is 0 Å². The van der Waals surface area contributed by atoms with Crippen LogP contribution in [0, 0.1) is 0 Å². The Morgan fingerprint density at radius 1 is 1.41 bits per heavy atom. The maximum Gasteiger partial charge on any atom is 0.415 e. The second-order valence-corrected chi connectivity index (χ2v) is 4.06. The average Bonchev–Trinajstić information content (AvgIpc) is 2.30. The Labute approximate surface area is 103 Å². The van der Waals surface area contributed by atoms with Crippen LogP contribution in [0.15, 0.2) is 24.3 Å². The molecule has 17 heavy (non-hydrogen) atoms. The first-order valence-electron chi connectivity index (χ1n) is 5.04. The van der Waals surface area contributed by atoms with Crippen LogP contribution in [-0.4, -0.2) is 29.8 Å². The van der Waals surface area contributed by atoms with Crippen molar-refractivity contribution in [3.63, 3.8) is 0 Å². The largest absolute Gasteiger partial charge is 0.479 e. The number of hydrogen-bond donors (Lipinski definition) is 1. The van der Waals surface area contributed by atoms with E-state index in [0.717, 1.165) is 0 Å². The van der Waals surface area contributed by atoms with Gasteiger partial charge in [-0.05, 0) is 24.3 Å². The Kier molecular flexibility index (Phi) is 3.19. The first-order chi connectivity index (χ1) is 8.08. The first-order valence-corrected chi connectivity index (χ1v) is 5.42. The molecule has 1 aliphatic rings. The molecule has 1 aromatic rings. The fraction of sp³-hybridized carbons (Fsp3) is 0.273. The molecule has 0 aromatic heterocycles. The maximum atomic E-state index is 11.6. The van der Waals surface area contributed by atoms with Crippen LogP contribution >= 0.6 is 11.6 Å². The van der Waals surface area contributed by atoms with Crippen molar-refractivity contribution in [3.8, 4) is 0 Å². The van der Waals surface area contributed by atoms with Crippen LogP contribution in [0.2, 0.25) is 5.02 Å². The minimum Gasteiger partial charge on any atom is -0.479 e. The second kappa shape index (κ2) is 4.63. The third-order valence-corrected chi connectivity index (χ3v) is 2.74. The third-order valence-electron chi connectivity index (χ3n) is 2.49. The van der Waals surface area contributed by atoms with Gasteiger partial charge < -0.3 is 9.84 Å². The molecule has 0 bridgehead atoms. The lowest BCUT2D eigenvalue weighted by Crippen LogP contribution is -2.44. The molecule has 0 spiro atoms. The zero-order valence-corrected chi connectivity index (χ0v) is 9.55. The molecule has 5 nitrogen and oxygen atoms in total. The minimum absolute atomic E-state index is 0.268. The van der Waals surface area contributed by atoms with Crippen molar-refractivity contribution in [1.82, 2.24) is 0 Å². The van der Waals surface area contributed by atoms with Crippen LogP contribution < -0.4 is 4.90 Å². The molecule has 1 aromatic carbocycles. The van der Waals surface area contributed by atoms with Crippen LogP contribution in [0.3, 0.4) is 0 Å². The Balaban J connectivity index is 2.12. The summed E-state index contributed by atoms with van der Waals surface area (Å²) in [6, 6.07) is 6.69. The van der Waals surface area contributed by atoms with Crippen LogP contribution in [0.4, 0.5) is 10.5 Å². The molecule has 0 saturated carbocycles. The van der Waals surface area contributed by atoms with E-state index in [1.807, 2.05) is 0 Å². The van der Waals surface area contributed by atoms with E-state index in [9.17, 15) is 9.59 Å². The number of carboxylic acid groups (broad SMARTS) is 1. The molecule has 0 aliphatic carbocycles. The van der Waals surface area contributed by atoms with Crippen molar-refractivity contribution in [2.24, 2.45) is 0 Å². The number of cyclic esters (lactones) is 1. The molecule has 1 unspecified atom stereocenters. The Morgan fingerprint density at radius 2 is 2.06 bits per heavy atom. The summed E-state index contributed by atoms with van der Waals surface area (Å²) in [6.07, 6.45) is -1.43. The Bertz CT molecular complexity index is 445. The molecule has 1 fully saturated rings. The molecule has 6 heteroatoms. The molecule has 2 rings (SSSR count). The topological polar surface area (TPSA) is 66.8 Å². The van der Waals surface area contributed by atoms with Crippen molar-refractivity contribution < 1.29 is 19.4 Å². The number of anilines is 1. The molecule has 1 heterocycles. The van der Waals surface area contributed by atoms with E-state index in [1.54, 1.807) is 24.3 Å². The number of carbonyl (C=O) groups excluding carboxylic acids is 1. The standard InChI is InChI=1S/C11H10ClNO4/c12-7-1-3-8(4-2-7)13-6-5-9(10(14)15)17-11(13)16/h1-4,9H,5-6H2,(H,14,15). The predicted octanol–water partition coefficient (Wildman–Crippen LogP) is 2.14. The van der Waals surface area contributed by atoms with Gasteiger partial charge in [0.05, 0.1) is 0 Å². The van der Waals surface area contributed by atoms with Gasteiger partial charge in [0.2, 0.25) is 6.10 Å². The fourth-order valence-corrected chi connectivity index (χ4v) is 1.74. The summed E-state index contributed by atoms with van der Waals surface area (Å²) in [5.74, 6) is -1.12. The SMILES string of the molecule is O=C(O)C1CCN(c2ccc(Cl)cc2)C(=O)O1. The number of amides is 1. The highest BCUT2D eigenvalue weighted by molar-refractivity contribution is 6.30. The zero-order chi connectivity index (χ0) is 12.4. The van der Waals surface area contributed by atoms with Gasteiger partial charge in [0.15, 0.2) is 0 Å². The molecule has 1 saturated heterocycles. The average molecular weight is 256 g/mol. The van der Waals surface area contributed by atoms with Gasteiger partial charge in [0.25, 0.3) is 0 Å². The number of aliphatic carboxylic acids is 1. The van der Waals surface area contributed by atoms with Crippen LogP contribution in [0.1, 0.15) is 6.42 Å². The number of hydrogen-bond acceptors (Lipinski definition) is 3. The lowest BCUT2D eigenvalue weighted by atomic mass is 10.2. The monoisotopic (exact) mass is 255 g/mol. The summed E-state index contributed by atoms with van der Waals surface area (Å²) in [6.45, 7) is 0.317. The number of ether oxygens (including phenoxy) is 1. The molecular formula is C11H10ClNO4. The van der Waals surface area contributed by atoms with Gasteiger partial charge in [-0.25, -0.2) is 9.59 Å². The second-order valence-electron chi connectivity index (χ2n) is 3.63.